The number of pyridine rings is 1. The third-order valence-corrected chi connectivity index (χ3v) is 9.26. The molecule has 0 aliphatic carbocycles. The Bertz CT molecular complexity index is 1440. The largest absolute Gasteiger partial charge is 0.454 e. The molecule has 6 rings (SSSR count). The summed E-state index contributed by atoms with van der Waals surface area (Å²) in [6, 6.07) is 14.7. The predicted octanol–water partition coefficient (Wildman–Crippen LogP) is 3.28. The Morgan fingerprint density at radius 2 is 1.81 bits per heavy atom. The number of nitrogens with zero attached hydrogens (tertiary/aromatic N) is 3. The van der Waals surface area contributed by atoms with Crippen LogP contribution in [-0.4, -0.2) is 56.6 Å². The van der Waals surface area contributed by atoms with E-state index in [0.717, 1.165) is 60.3 Å². The zero-order valence-electron chi connectivity index (χ0n) is 20.6. The number of benzene rings is 2. The minimum atomic E-state index is -3.47. The number of hydrogen-bond acceptors (Lipinski definition) is 7. The van der Waals surface area contributed by atoms with Gasteiger partial charge >= 0.3 is 0 Å². The van der Waals surface area contributed by atoms with Crippen LogP contribution in [-0.2, 0) is 21.4 Å². The highest BCUT2D eigenvalue weighted by atomic mass is 32.2. The molecule has 0 radical (unpaired) electrons. The SMILES string of the molecule is O=C(NCc1ccc2c(c1)OCO2)C1CCCN(c2ccc3cc(S(=O)(=O)N4CCCC4)ccc3n2)C1. The summed E-state index contributed by atoms with van der Waals surface area (Å²) in [5.41, 5.74) is 1.71. The lowest BCUT2D eigenvalue weighted by molar-refractivity contribution is -0.125. The number of carbonyl (C=O) groups excluding carboxylic acids is 1. The second-order valence-corrected chi connectivity index (χ2v) is 11.8. The van der Waals surface area contributed by atoms with Crippen LogP contribution in [0, 0.1) is 5.92 Å². The van der Waals surface area contributed by atoms with E-state index < -0.39 is 10.0 Å². The number of sulfonamides is 1. The van der Waals surface area contributed by atoms with Gasteiger partial charge in [-0.2, -0.15) is 4.31 Å². The fourth-order valence-corrected chi connectivity index (χ4v) is 6.84. The third kappa shape index (κ3) is 4.83. The molecule has 0 bridgehead atoms. The number of anilines is 1. The molecule has 10 heteroatoms. The molecule has 2 saturated heterocycles. The van der Waals surface area contributed by atoms with E-state index in [1.165, 1.54) is 0 Å². The van der Waals surface area contributed by atoms with Crippen LogP contribution in [0.4, 0.5) is 5.82 Å². The second kappa shape index (κ2) is 9.83. The van der Waals surface area contributed by atoms with Crippen molar-refractivity contribution >= 4 is 32.7 Å². The molecule has 3 aromatic rings. The van der Waals surface area contributed by atoms with E-state index in [2.05, 4.69) is 10.2 Å². The number of fused-ring (bicyclic) bond motifs is 2. The van der Waals surface area contributed by atoms with Crippen molar-refractivity contribution in [2.24, 2.45) is 5.92 Å². The fraction of sp³-hybridized carbons (Fsp3) is 0.407. The van der Waals surface area contributed by atoms with Crippen molar-refractivity contribution in [2.45, 2.75) is 37.1 Å². The molecule has 194 valence electrons. The zero-order chi connectivity index (χ0) is 25.4. The zero-order valence-corrected chi connectivity index (χ0v) is 21.4. The van der Waals surface area contributed by atoms with Gasteiger partial charge in [-0.15, -0.1) is 0 Å². The number of amides is 1. The summed E-state index contributed by atoms with van der Waals surface area (Å²) in [5.74, 6) is 2.13. The van der Waals surface area contributed by atoms with Crippen molar-refractivity contribution < 1.29 is 22.7 Å². The topological polar surface area (TPSA) is 101 Å². The lowest BCUT2D eigenvalue weighted by Crippen LogP contribution is -2.43. The lowest BCUT2D eigenvalue weighted by atomic mass is 9.97. The van der Waals surface area contributed by atoms with E-state index in [1.807, 2.05) is 30.3 Å². The number of rotatable bonds is 6. The summed E-state index contributed by atoms with van der Waals surface area (Å²) in [7, 11) is -3.47. The number of nitrogens with one attached hydrogen (secondary N) is 1. The number of carbonyl (C=O) groups is 1. The minimum Gasteiger partial charge on any atom is -0.454 e. The highest BCUT2D eigenvalue weighted by molar-refractivity contribution is 7.89. The Kier molecular flexibility index (Phi) is 6.37. The van der Waals surface area contributed by atoms with E-state index in [0.29, 0.717) is 36.8 Å². The average molecular weight is 523 g/mol. The van der Waals surface area contributed by atoms with Crippen LogP contribution < -0.4 is 19.7 Å². The maximum Gasteiger partial charge on any atom is 0.243 e. The van der Waals surface area contributed by atoms with Crippen LogP contribution in [0.1, 0.15) is 31.2 Å². The number of piperidine rings is 1. The molecule has 9 nitrogen and oxygen atoms in total. The summed E-state index contributed by atoms with van der Waals surface area (Å²) >= 11 is 0. The van der Waals surface area contributed by atoms with Crippen LogP contribution in [0.5, 0.6) is 11.5 Å². The monoisotopic (exact) mass is 522 g/mol. The van der Waals surface area contributed by atoms with Gasteiger partial charge in [-0.25, -0.2) is 13.4 Å². The molecular weight excluding hydrogens is 492 g/mol. The van der Waals surface area contributed by atoms with Gasteiger partial charge in [0, 0.05) is 38.1 Å². The Hall–Kier alpha value is -3.37. The van der Waals surface area contributed by atoms with E-state index >= 15 is 0 Å². The first-order valence-corrected chi connectivity index (χ1v) is 14.2. The van der Waals surface area contributed by atoms with E-state index in [-0.39, 0.29) is 18.6 Å². The first-order valence-electron chi connectivity index (χ1n) is 12.8. The molecule has 0 spiro atoms. The lowest BCUT2D eigenvalue weighted by Gasteiger charge is -2.33. The van der Waals surface area contributed by atoms with Gasteiger partial charge in [0.15, 0.2) is 11.5 Å². The Morgan fingerprint density at radius 3 is 2.68 bits per heavy atom. The minimum absolute atomic E-state index is 0.0277. The van der Waals surface area contributed by atoms with Crippen molar-refractivity contribution in [3.8, 4) is 11.5 Å². The van der Waals surface area contributed by atoms with E-state index in [9.17, 15) is 13.2 Å². The van der Waals surface area contributed by atoms with Crippen molar-refractivity contribution in [1.82, 2.24) is 14.6 Å². The number of ether oxygens (including phenoxy) is 2. The second-order valence-electron chi connectivity index (χ2n) is 9.83. The molecule has 3 aliphatic rings. The van der Waals surface area contributed by atoms with Crippen molar-refractivity contribution in [2.75, 3.05) is 37.9 Å². The summed E-state index contributed by atoms with van der Waals surface area (Å²) in [6.07, 6.45) is 3.54. The van der Waals surface area contributed by atoms with Crippen molar-refractivity contribution in [1.29, 1.82) is 0 Å². The summed E-state index contributed by atoms with van der Waals surface area (Å²) in [4.78, 5) is 20.2. The molecule has 3 aliphatic heterocycles. The Morgan fingerprint density at radius 1 is 0.973 bits per heavy atom. The normalized spacial score (nSPS) is 19.9. The molecule has 1 N–H and O–H groups in total. The quantitative estimate of drug-likeness (QED) is 0.530. The van der Waals surface area contributed by atoms with Crippen LogP contribution in [0.25, 0.3) is 10.9 Å². The van der Waals surface area contributed by atoms with Crippen LogP contribution in [0.2, 0.25) is 0 Å². The fourth-order valence-electron chi connectivity index (χ4n) is 5.29. The molecule has 1 atom stereocenters. The number of hydrogen-bond donors (Lipinski definition) is 1. The van der Waals surface area contributed by atoms with E-state index in [1.54, 1.807) is 22.5 Å². The summed E-state index contributed by atoms with van der Waals surface area (Å²) in [6.45, 7) is 3.24. The molecule has 2 aromatic carbocycles. The van der Waals surface area contributed by atoms with Crippen molar-refractivity contribution in [3.63, 3.8) is 0 Å². The molecular formula is C27H30N4O5S. The molecule has 1 unspecified atom stereocenters. The molecule has 4 heterocycles. The highest BCUT2D eigenvalue weighted by Crippen LogP contribution is 2.32. The van der Waals surface area contributed by atoms with Crippen molar-refractivity contribution in [3.05, 3.63) is 54.1 Å². The summed E-state index contributed by atoms with van der Waals surface area (Å²) < 4.78 is 38.2. The highest BCUT2D eigenvalue weighted by Gasteiger charge is 2.28. The Labute approximate surface area is 216 Å². The molecule has 1 amide bonds. The van der Waals surface area contributed by atoms with Gasteiger partial charge in [-0.3, -0.25) is 4.79 Å². The maximum absolute atomic E-state index is 13.0. The van der Waals surface area contributed by atoms with Gasteiger partial charge in [-0.05, 0) is 73.7 Å². The van der Waals surface area contributed by atoms with Crippen LogP contribution >= 0.6 is 0 Å². The third-order valence-electron chi connectivity index (χ3n) is 7.37. The smallest absolute Gasteiger partial charge is 0.243 e. The van der Waals surface area contributed by atoms with Gasteiger partial charge in [0.2, 0.25) is 22.7 Å². The first kappa shape index (κ1) is 24.0. The van der Waals surface area contributed by atoms with Gasteiger partial charge in [0.05, 0.1) is 16.3 Å². The Balaban J connectivity index is 1.12. The van der Waals surface area contributed by atoms with Gasteiger partial charge in [0.25, 0.3) is 0 Å². The molecule has 37 heavy (non-hydrogen) atoms. The van der Waals surface area contributed by atoms with E-state index in [4.69, 9.17) is 14.5 Å². The maximum atomic E-state index is 13.0. The predicted molar refractivity (Wildman–Crippen MR) is 139 cm³/mol. The standard InChI is InChI=1S/C27H30N4O5S/c32-27(28-16-19-5-9-24-25(14-19)36-18-35-24)21-4-3-11-30(17-21)26-10-6-20-15-22(7-8-23(20)29-26)37(33,34)31-12-1-2-13-31/h5-10,14-15,21H,1-4,11-13,16-18H2,(H,28,32). The van der Waals surface area contributed by atoms with Crippen LogP contribution in [0.15, 0.2) is 53.4 Å². The molecule has 2 fully saturated rings. The van der Waals surface area contributed by atoms with Gasteiger partial charge in [-0.1, -0.05) is 6.07 Å². The average Bonchev–Trinajstić information content (AvgIpc) is 3.64. The van der Waals surface area contributed by atoms with Crippen LogP contribution in [0.3, 0.4) is 0 Å². The summed E-state index contributed by atoms with van der Waals surface area (Å²) in [5, 5.41) is 3.85. The van der Waals surface area contributed by atoms with Gasteiger partial charge < -0.3 is 19.7 Å². The number of aromatic nitrogens is 1. The van der Waals surface area contributed by atoms with Gasteiger partial charge in [0.1, 0.15) is 5.82 Å². The molecule has 0 saturated carbocycles. The molecule has 1 aromatic heterocycles. The first-order chi connectivity index (χ1) is 18.0.